The van der Waals surface area contributed by atoms with Gasteiger partial charge in [0.1, 0.15) is 5.82 Å². The van der Waals surface area contributed by atoms with Crippen LogP contribution in [0.25, 0.3) is 0 Å². The van der Waals surface area contributed by atoms with Crippen molar-refractivity contribution >= 4 is 17.7 Å². The number of carbonyl (C=O) groups is 1. The number of alkyl halides is 3. The molecule has 1 aliphatic carbocycles. The van der Waals surface area contributed by atoms with Crippen LogP contribution in [0.15, 0.2) is 52.1 Å². The zero-order valence-electron chi connectivity index (χ0n) is 14.8. The minimum atomic E-state index is -4.64. The predicted octanol–water partition coefficient (Wildman–Crippen LogP) is 5.12. The molecule has 0 unspecified atom stereocenters. The van der Waals surface area contributed by atoms with E-state index in [2.05, 4.69) is 5.32 Å². The predicted molar refractivity (Wildman–Crippen MR) is 95.1 cm³/mol. The highest BCUT2D eigenvalue weighted by Crippen LogP contribution is 2.35. The monoisotopic (exact) mass is 398 g/mol. The summed E-state index contributed by atoms with van der Waals surface area (Å²) in [7, 11) is 0. The van der Waals surface area contributed by atoms with Gasteiger partial charge in [-0.05, 0) is 43.2 Å². The molecule has 0 spiro atoms. The number of benzene rings is 1. The van der Waals surface area contributed by atoms with Crippen LogP contribution in [0, 0.1) is 22.6 Å². The fourth-order valence-corrected chi connectivity index (χ4v) is 3.36. The molecule has 0 atom stereocenters. The molecule has 0 radical (unpaired) electrons. The van der Waals surface area contributed by atoms with Crippen molar-refractivity contribution in [3.8, 4) is 6.07 Å². The van der Waals surface area contributed by atoms with Crippen molar-refractivity contribution in [2.45, 2.75) is 37.8 Å². The fraction of sp³-hybridized carbons (Fsp3) is 0.368. The normalized spacial score (nSPS) is 15.2. The molecule has 0 heterocycles. The molecular weight excluding hydrogens is 380 g/mol. The van der Waals surface area contributed by atoms with Gasteiger partial charge in [-0.2, -0.15) is 18.4 Å². The van der Waals surface area contributed by atoms with Gasteiger partial charge in [0.2, 0.25) is 5.91 Å². The lowest BCUT2D eigenvalue weighted by Crippen LogP contribution is -2.38. The highest BCUT2D eigenvalue weighted by atomic mass is 32.2. The number of nitrogens with zero attached hydrogens (tertiary/aromatic N) is 1. The van der Waals surface area contributed by atoms with Crippen molar-refractivity contribution in [3.05, 3.63) is 53.0 Å². The van der Waals surface area contributed by atoms with E-state index in [4.69, 9.17) is 5.26 Å². The molecule has 0 aromatic heterocycles. The van der Waals surface area contributed by atoms with E-state index in [-0.39, 0.29) is 29.9 Å². The summed E-state index contributed by atoms with van der Waals surface area (Å²) in [6.45, 7) is 3.37. The molecule has 1 aromatic rings. The lowest BCUT2D eigenvalue weighted by molar-refractivity contribution is -0.127. The molecule has 2 rings (SSSR count). The zero-order valence-corrected chi connectivity index (χ0v) is 15.6. The third-order valence-electron chi connectivity index (χ3n) is 4.03. The molecule has 1 N–H and O–H groups in total. The Morgan fingerprint density at radius 2 is 1.85 bits per heavy atom. The van der Waals surface area contributed by atoms with Crippen LogP contribution in [-0.2, 0) is 4.79 Å². The summed E-state index contributed by atoms with van der Waals surface area (Å²) in [4.78, 5) is 13.3. The number of hydrogen-bond acceptors (Lipinski definition) is 3. The second-order valence-electron chi connectivity index (χ2n) is 6.75. The summed E-state index contributed by atoms with van der Waals surface area (Å²) < 4.78 is 52.1. The Labute approximate surface area is 159 Å². The Bertz CT molecular complexity index is 818. The number of nitriles is 1. The highest BCUT2D eigenvalue weighted by molar-refractivity contribution is 7.99. The van der Waals surface area contributed by atoms with Crippen LogP contribution in [0.1, 0.15) is 26.7 Å². The van der Waals surface area contributed by atoms with Gasteiger partial charge in [-0.3, -0.25) is 4.79 Å². The Morgan fingerprint density at radius 1 is 1.22 bits per heavy atom. The van der Waals surface area contributed by atoms with Gasteiger partial charge in [-0.25, -0.2) is 4.39 Å². The minimum absolute atomic E-state index is 0.0672. The van der Waals surface area contributed by atoms with Gasteiger partial charge < -0.3 is 5.32 Å². The number of carbonyl (C=O) groups excluding carboxylic acids is 1. The first-order valence-electron chi connectivity index (χ1n) is 8.14. The number of thioether (sulfide) groups is 1. The molecular formula is C19H18F4N2OS. The van der Waals surface area contributed by atoms with Crippen LogP contribution in [0.4, 0.5) is 17.6 Å². The minimum Gasteiger partial charge on any atom is -0.329 e. The van der Waals surface area contributed by atoms with Crippen molar-refractivity contribution < 1.29 is 22.4 Å². The van der Waals surface area contributed by atoms with E-state index in [9.17, 15) is 22.4 Å². The summed E-state index contributed by atoms with van der Waals surface area (Å²) in [5, 5.41) is 11.4. The maximum absolute atomic E-state index is 13.1. The average Bonchev–Trinajstić information content (AvgIpc) is 2.60. The molecule has 0 aliphatic heterocycles. The first-order valence-corrected chi connectivity index (χ1v) is 9.12. The lowest BCUT2D eigenvalue weighted by atomic mass is 9.92. The molecule has 1 amide bonds. The van der Waals surface area contributed by atoms with Gasteiger partial charge in [-0.15, -0.1) is 11.8 Å². The van der Waals surface area contributed by atoms with Gasteiger partial charge >= 0.3 is 6.18 Å². The number of nitrogens with one attached hydrogen (secondary N) is 1. The molecule has 144 valence electrons. The Morgan fingerprint density at radius 3 is 2.41 bits per heavy atom. The van der Waals surface area contributed by atoms with Gasteiger partial charge in [-0.1, -0.05) is 13.8 Å². The van der Waals surface area contributed by atoms with Crippen molar-refractivity contribution in [1.29, 1.82) is 5.26 Å². The fourth-order valence-electron chi connectivity index (χ4n) is 2.37. The van der Waals surface area contributed by atoms with Crippen LogP contribution >= 0.6 is 11.8 Å². The third kappa shape index (κ3) is 5.60. The number of allylic oxidation sites excluding steroid dienone is 4. The number of halogens is 4. The van der Waals surface area contributed by atoms with Crippen molar-refractivity contribution in [2.75, 3.05) is 5.75 Å². The largest absolute Gasteiger partial charge is 0.417 e. The van der Waals surface area contributed by atoms with Gasteiger partial charge in [0.05, 0.1) is 17.1 Å². The molecule has 3 nitrogen and oxygen atoms in total. The van der Waals surface area contributed by atoms with E-state index in [0.29, 0.717) is 5.75 Å². The van der Waals surface area contributed by atoms with Crippen LogP contribution in [0.3, 0.4) is 0 Å². The summed E-state index contributed by atoms with van der Waals surface area (Å²) in [5.41, 5.74) is -2.06. The summed E-state index contributed by atoms with van der Waals surface area (Å²) in [5.74, 6) is -0.403. The Balaban J connectivity index is 2.06. The molecule has 0 fully saturated rings. The van der Waals surface area contributed by atoms with Crippen molar-refractivity contribution in [3.63, 3.8) is 0 Å². The second-order valence-corrected chi connectivity index (χ2v) is 7.80. The van der Waals surface area contributed by atoms with Crippen LogP contribution in [0.2, 0.25) is 0 Å². The number of hydrogen-bond donors (Lipinski definition) is 1. The van der Waals surface area contributed by atoms with Crippen molar-refractivity contribution in [2.24, 2.45) is 5.41 Å². The van der Waals surface area contributed by atoms with Crippen molar-refractivity contribution in [1.82, 2.24) is 5.32 Å². The molecule has 8 heteroatoms. The average molecular weight is 398 g/mol. The molecule has 1 aromatic carbocycles. The first-order chi connectivity index (χ1) is 12.5. The summed E-state index contributed by atoms with van der Waals surface area (Å²) in [6, 6.07) is 7.42. The topological polar surface area (TPSA) is 52.9 Å². The summed E-state index contributed by atoms with van der Waals surface area (Å²) in [6.07, 6.45) is -3.71. The maximum atomic E-state index is 13.1. The van der Waals surface area contributed by atoms with E-state index in [1.165, 1.54) is 23.9 Å². The maximum Gasteiger partial charge on any atom is 0.417 e. The van der Waals surface area contributed by atoms with E-state index in [1.807, 2.05) is 0 Å². The molecule has 0 saturated carbocycles. The quantitative estimate of drug-likeness (QED) is 0.553. The van der Waals surface area contributed by atoms with Crippen LogP contribution in [-0.4, -0.2) is 17.8 Å². The van der Waals surface area contributed by atoms with Crippen LogP contribution in [0.5, 0.6) is 0 Å². The Kier molecular flexibility index (Phi) is 6.37. The standard InChI is InChI=1S/C19H18F4N2OS/c1-18(2,11-27-15-7-4-13(20)5-8-15)17(26)25-14-6-3-12(10-24)16(9-14)19(21,22)23/h4-5,7-9H,3,6,11H2,1-2H3,(H,25,26). The lowest BCUT2D eigenvalue weighted by Gasteiger charge is -2.26. The number of rotatable bonds is 5. The molecule has 27 heavy (non-hydrogen) atoms. The molecule has 0 saturated heterocycles. The summed E-state index contributed by atoms with van der Waals surface area (Å²) >= 11 is 1.36. The van der Waals surface area contributed by atoms with E-state index < -0.39 is 23.1 Å². The Hall–Kier alpha value is -2.27. The van der Waals surface area contributed by atoms with Gasteiger partial charge in [0.15, 0.2) is 0 Å². The number of amides is 1. The molecule has 1 aliphatic rings. The zero-order chi connectivity index (χ0) is 20.2. The van der Waals surface area contributed by atoms with Gasteiger partial charge in [0.25, 0.3) is 0 Å². The molecule has 0 bridgehead atoms. The first kappa shape index (κ1) is 21.0. The van der Waals surface area contributed by atoms with E-state index in [1.54, 1.807) is 32.0 Å². The van der Waals surface area contributed by atoms with Gasteiger partial charge in [0, 0.05) is 21.9 Å². The highest BCUT2D eigenvalue weighted by Gasteiger charge is 2.37. The van der Waals surface area contributed by atoms with E-state index in [0.717, 1.165) is 11.0 Å². The SMILES string of the molecule is CC(C)(CSc1ccc(F)cc1)C(=O)NC1=CC(C(F)(F)F)=C(C#N)CC1. The van der Waals surface area contributed by atoms with Crippen LogP contribution < -0.4 is 5.32 Å². The third-order valence-corrected chi connectivity index (χ3v) is 5.50. The smallest absolute Gasteiger partial charge is 0.329 e. The second kappa shape index (κ2) is 8.17. The van der Waals surface area contributed by atoms with E-state index >= 15 is 0 Å².